The Morgan fingerprint density at radius 3 is 2.18 bits per heavy atom. The number of hydrogen-bond donors (Lipinski definition) is 2. The molecule has 2 aromatic heterocycles. The molecule has 0 spiro atoms. The lowest BCUT2D eigenvalue weighted by Crippen LogP contribution is -2.13. The van der Waals surface area contributed by atoms with Gasteiger partial charge in [0.1, 0.15) is 0 Å². The van der Waals surface area contributed by atoms with E-state index in [1.807, 2.05) is 60.7 Å². The standard InChI is InChI=1S/C25H18N6O2S/c26-23(32)18-11-13-19(14-12-18)28-29-22-21(17-9-5-2-6-10-17)30-31(24(22)33)25-27-15-20(34-25)16-7-3-1-4-8-16/h1-15,30H,(H2,26,32). The molecule has 3 aromatic carbocycles. The average Bonchev–Trinajstić information content (AvgIpc) is 3.49. The van der Waals surface area contributed by atoms with Crippen molar-refractivity contribution in [3.05, 3.63) is 107 Å². The Hall–Kier alpha value is -4.63. The monoisotopic (exact) mass is 466 g/mol. The van der Waals surface area contributed by atoms with Gasteiger partial charge < -0.3 is 5.73 Å². The zero-order valence-corrected chi connectivity index (χ0v) is 18.6. The highest BCUT2D eigenvalue weighted by Gasteiger charge is 2.19. The Balaban J connectivity index is 1.57. The van der Waals surface area contributed by atoms with Crippen LogP contribution in [-0.4, -0.2) is 20.7 Å². The van der Waals surface area contributed by atoms with E-state index in [4.69, 9.17) is 5.73 Å². The molecule has 0 aliphatic rings. The van der Waals surface area contributed by atoms with Crippen molar-refractivity contribution in [2.24, 2.45) is 16.0 Å². The van der Waals surface area contributed by atoms with Crippen molar-refractivity contribution < 1.29 is 4.79 Å². The van der Waals surface area contributed by atoms with Crippen LogP contribution in [0, 0.1) is 0 Å². The Bertz CT molecular complexity index is 1530. The van der Waals surface area contributed by atoms with E-state index in [0.717, 1.165) is 16.0 Å². The summed E-state index contributed by atoms with van der Waals surface area (Å²) in [6, 6.07) is 25.6. The van der Waals surface area contributed by atoms with Gasteiger partial charge in [-0.3, -0.25) is 14.7 Å². The highest BCUT2D eigenvalue weighted by molar-refractivity contribution is 7.17. The van der Waals surface area contributed by atoms with Crippen LogP contribution in [0.3, 0.4) is 0 Å². The Morgan fingerprint density at radius 1 is 0.882 bits per heavy atom. The van der Waals surface area contributed by atoms with Crippen molar-refractivity contribution in [1.82, 2.24) is 14.8 Å². The van der Waals surface area contributed by atoms with E-state index in [1.165, 1.54) is 16.0 Å². The van der Waals surface area contributed by atoms with E-state index in [1.54, 1.807) is 30.5 Å². The number of carbonyl (C=O) groups is 1. The molecule has 3 N–H and O–H groups in total. The molecule has 1 amide bonds. The van der Waals surface area contributed by atoms with Crippen LogP contribution in [-0.2, 0) is 0 Å². The Kier molecular flexibility index (Phi) is 5.67. The second-order valence-corrected chi connectivity index (χ2v) is 8.34. The molecule has 5 aromatic rings. The molecule has 2 heterocycles. The quantitative estimate of drug-likeness (QED) is 0.323. The third-order valence-corrected chi connectivity index (χ3v) is 6.12. The van der Waals surface area contributed by atoms with Crippen molar-refractivity contribution in [3.63, 3.8) is 0 Å². The third kappa shape index (κ3) is 4.19. The highest BCUT2D eigenvalue weighted by Crippen LogP contribution is 2.31. The van der Waals surface area contributed by atoms with Crippen molar-refractivity contribution in [2.75, 3.05) is 0 Å². The van der Waals surface area contributed by atoms with Gasteiger partial charge in [-0.05, 0) is 29.8 Å². The number of thiazole rings is 1. The van der Waals surface area contributed by atoms with Crippen LogP contribution >= 0.6 is 11.3 Å². The van der Waals surface area contributed by atoms with Gasteiger partial charge in [-0.1, -0.05) is 72.0 Å². The first-order chi connectivity index (χ1) is 16.6. The number of primary amides is 1. The highest BCUT2D eigenvalue weighted by atomic mass is 32.1. The third-order valence-electron chi connectivity index (χ3n) is 5.09. The number of aromatic nitrogens is 3. The largest absolute Gasteiger partial charge is 0.366 e. The first-order valence-electron chi connectivity index (χ1n) is 10.3. The van der Waals surface area contributed by atoms with Crippen LogP contribution in [0.1, 0.15) is 10.4 Å². The van der Waals surface area contributed by atoms with Gasteiger partial charge in [0, 0.05) is 17.3 Å². The van der Waals surface area contributed by atoms with E-state index in [0.29, 0.717) is 22.1 Å². The van der Waals surface area contributed by atoms with Crippen molar-refractivity contribution in [2.45, 2.75) is 0 Å². The van der Waals surface area contributed by atoms with Gasteiger partial charge in [-0.25, -0.2) is 4.98 Å². The molecule has 0 bridgehead atoms. The minimum Gasteiger partial charge on any atom is -0.366 e. The topological polar surface area (TPSA) is 118 Å². The lowest BCUT2D eigenvalue weighted by atomic mass is 10.1. The fourth-order valence-electron chi connectivity index (χ4n) is 3.37. The van der Waals surface area contributed by atoms with Crippen LogP contribution < -0.4 is 11.3 Å². The van der Waals surface area contributed by atoms with Gasteiger partial charge in [0.15, 0.2) is 5.69 Å². The fraction of sp³-hybridized carbons (Fsp3) is 0. The number of nitrogens with one attached hydrogen (secondary N) is 1. The maximum absolute atomic E-state index is 13.4. The molecule has 166 valence electrons. The van der Waals surface area contributed by atoms with Crippen LogP contribution in [0.5, 0.6) is 0 Å². The molecule has 8 nitrogen and oxygen atoms in total. The van der Waals surface area contributed by atoms with Gasteiger partial charge in [-0.15, -0.1) is 5.11 Å². The number of benzene rings is 3. The van der Waals surface area contributed by atoms with Crippen LogP contribution in [0.4, 0.5) is 11.4 Å². The summed E-state index contributed by atoms with van der Waals surface area (Å²) in [5.41, 5.74) is 8.25. The van der Waals surface area contributed by atoms with Crippen molar-refractivity contribution in [1.29, 1.82) is 0 Å². The number of hydrogen-bond acceptors (Lipinski definition) is 6. The number of carbonyl (C=O) groups excluding carboxylic acids is 1. The predicted octanol–water partition coefficient (Wildman–Crippen LogP) is 5.47. The Labute approximate surface area is 198 Å². The molecule has 0 unspecified atom stereocenters. The smallest absolute Gasteiger partial charge is 0.301 e. The fourth-order valence-corrected chi connectivity index (χ4v) is 4.25. The maximum Gasteiger partial charge on any atom is 0.301 e. The summed E-state index contributed by atoms with van der Waals surface area (Å²) in [7, 11) is 0. The minimum atomic E-state index is -0.526. The van der Waals surface area contributed by atoms with Gasteiger partial charge in [-0.2, -0.15) is 9.80 Å². The molecule has 0 saturated carbocycles. The SMILES string of the molecule is NC(=O)c1ccc(N=Nc2c(-c3ccccc3)[nH]n(-c3ncc(-c4ccccc4)s3)c2=O)cc1. The second kappa shape index (κ2) is 9.08. The summed E-state index contributed by atoms with van der Waals surface area (Å²) < 4.78 is 1.38. The predicted molar refractivity (Wildman–Crippen MR) is 132 cm³/mol. The molecule has 5 rings (SSSR count). The first kappa shape index (κ1) is 21.2. The summed E-state index contributed by atoms with van der Waals surface area (Å²) in [6.45, 7) is 0. The number of amides is 1. The van der Waals surface area contributed by atoms with Gasteiger partial charge in [0.25, 0.3) is 0 Å². The molecule has 0 radical (unpaired) electrons. The number of aromatic amines is 1. The van der Waals surface area contributed by atoms with Crippen molar-refractivity contribution in [3.8, 4) is 26.8 Å². The normalized spacial score (nSPS) is 11.2. The number of nitrogens with zero attached hydrogens (tertiary/aromatic N) is 4. The summed E-state index contributed by atoms with van der Waals surface area (Å²) >= 11 is 1.39. The molecular formula is C25H18N6O2S. The van der Waals surface area contributed by atoms with Gasteiger partial charge in [0.05, 0.1) is 16.3 Å². The summed E-state index contributed by atoms with van der Waals surface area (Å²) in [6.07, 6.45) is 1.74. The zero-order valence-electron chi connectivity index (χ0n) is 17.8. The molecular weight excluding hydrogens is 448 g/mol. The Morgan fingerprint density at radius 2 is 1.53 bits per heavy atom. The zero-order chi connectivity index (χ0) is 23.5. The summed E-state index contributed by atoms with van der Waals surface area (Å²) in [5, 5.41) is 12.1. The number of H-pyrrole nitrogens is 1. The maximum atomic E-state index is 13.4. The van der Waals surface area contributed by atoms with Crippen LogP contribution in [0.25, 0.3) is 26.8 Å². The molecule has 0 saturated heterocycles. The first-order valence-corrected chi connectivity index (χ1v) is 11.2. The lowest BCUT2D eigenvalue weighted by molar-refractivity contribution is 0.100. The van der Waals surface area contributed by atoms with Gasteiger partial charge >= 0.3 is 5.56 Å². The van der Waals surface area contributed by atoms with Gasteiger partial charge in [0.2, 0.25) is 11.0 Å². The lowest BCUT2D eigenvalue weighted by Gasteiger charge is -1.99. The number of azo groups is 1. The molecule has 0 atom stereocenters. The van der Waals surface area contributed by atoms with Crippen LogP contribution in [0.15, 0.2) is 106 Å². The molecule has 34 heavy (non-hydrogen) atoms. The summed E-state index contributed by atoms with van der Waals surface area (Å²) in [4.78, 5) is 30.0. The van der Waals surface area contributed by atoms with E-state index in [2.05, 4.69) is 20.3 Å². The van der Waals surface area contributed by atoms with Crippen LogP contribution in [0.2, 0.25) is 0 Å². The van der Waals surface area contributed by atoms with E-state index in [-0.39, 0.29) is 11.2 Å². The minimum absolute atomic E-state index is 0.154. The number of nitrogens with two attached hydrogens (primary N) is 1. The van der Waals surface area contributed by atoms with E-state index in [9.17, 15) is 9.59 Å². The molecule has 0 fully saturated rings. The molecule has 9 heteroatoms. The molecule has 0 aliphatic carbocycles. The number of rotatable bonds is 6. The van der Waals surface area contributed by atoms with Crippen molar-refractivity contribution >= 4 is 28.6 Å². The van der Waals surface area contributed by atoms with E-state index < -0.39 is 5.91 Å². The van der Waals surface area contributed by atoms with E-state index >= 15 is 0 Å². The second-order valence-electron chi connectivity index (χ2n) is 7.33. The average molecular weight is 467 g/mol. The molecule has 0 aliphatic heterocycles. The summed E-state index contributed by atoms with van der Waals surface area (Å²) in [5.74, 6) is -0.526.